The third kappa shape index (κ3) is 5.76. The Morgan fingerprint density at radius 1 is 1.47 bits per heavy atom. The van der Waals surface area contributed by atoms with Gasteiger partial charge >= 0.3 is 0 Å². The minimum Gasteiger partial charge on any atom is -0.302 e. The molecule has 1 unspecified atom stereocenters. The molecule has 17 heavy (non-hydrogen) atoms. The van der Waals surface area contributed by atoms with Crippen LogP contribution >= 0.6 is 11.8 Å². The average Bonchev–Trinajstić information content (AvgIpc) is 2.33. The molecule has 0 heterocycles. The Morgan fingerprint density at radius 2 is 2.29 bits per heavy atom. The molecule has 0 aliphatic carbocycles. The molecule has 1 rings (SSSR count). The van der Waals surface area contributed by atoms with Crippen LogP contribution in [0.25, 0.3) is 0 Å². The summed E-state index contributed by atoms with van der Waals surface area (Å²) in [7, 11) is 0. The molecule has 92 valence electrons. The molecule has 0 amide bonds. The number of thioether (sulfide) groups is 1. The molecule has 0 aromatic heterocycles. The van der Waals surface area contributed by atoms with E-state index in [1.165, 1.54) is 10.5 Å². The summed E-state index contributed by atoms with van der Waals surface area (Å²) in [5.74, 6) is 0.985. The van der Waals surface area contributed by atoms with Crippen LogP contribution in [0.15, 0.2) is 29.2 Å². The lowest BCUT2D eigenvalue weighted by Crippen LogP contribution is -2.28. The summed E-state index contributed by atoms with van der Waals surface area (Å²) in [6.07, 6.45) is 1.97. The molecule has 0 saturated heterocycles. The minimum absolute atomic E-state index is 0.00717. The van der Waals surface area contributed by atoms with Crippen molar-refractivity contribution in [2.24, 2.45) is 0 Å². The molecule has 0 spiro atoms. The molecule has 0 fully saturated rings. The van der Waals surface area contributed by atoms with Crippen LogP contribution in [0, 0.1) is 18.3 Å². The Kier molecular flexibility index (Phi) is 6.76. The fourth-order valence-corrected chi connectivity index (χ4v) is 2.56. The molecule has 1 aromatic carbocycles. The van der Waals surface area contributed by atoms with Crippen LogP contribution in [0.2, 0.25) is 0 Å². The number of nitriles is 1. The van der Waals surface area contributed by atoms with E-state index >= 15 is 0 Å². The third-order valence-corrected chi connectivity index (χ3v) is 3.49. The van der Waals surface area contributed by atoms with Crippen molar-refractivity contribution in [3.8, 4) is 6.07 Å². The SMILES string of the molecule is CCCNC(C#N)CCSc1cccc(C)c1. The molecule has 1 atom stereocenters. The van der Waals surface area contributed by atoms with Crippen LogP contribution in [0.4, 0.5) is 0 Å². The maximum Gasteiger partial charge on any atom is 0.0961 e. The van der Waals surface area contributed by atoms with E-state index in [1.807, 2.05) is 11.8 Å². The van der Waals surface area contributed by atoms with E-state index in [4.69, 9.17) is 5.26 Å². The average molecular weight is 248 g/mol. The molecule has 0 aliphatic rings. The number of aryl methyl sites for hydroxylation is 1. The highest BCUT2D eigenvalue weighted by molar-refractivity contribution is 7.99. The Balaban J connectivity index is 2.29. The predicted octanol–water partition coefficient (Wildman–Crippen LogP) is 3.37. The van der Waals surface area contributed by atoms with E-state index in [1.54, 1.807) is 0 Å². The third-order valence-electron chi connectivity index (χ3n) is 2.46. The van der Waals surface area contributed by atoms with Gasteiger partial charge in [-0.2, -0.15) is 5.26 Å². The number of benzene rings is 1. The second-order valence-corrected chi connectivity index (χ2v) is 5.26. The monoisotopic (exact) mass is 248 g/mol. The van der Waals surface area contributed by atoms with Crippen molar-refractivity contribution < 1.29 is 0 Å². The molecule has 1 N–H and O–H groups in total. The van der Waals surface area contributed by atoms with Crippen LogP contribution in [-0.4, -0.2) is 18.3 Å². The van der Waals surface area contributed by atoms with Gasteiger partial charge in [0.05, 0.1) is 12.1 Å². The lowest BCUT2D eigenvalue weighted by Gasteiger charge is -2.10. The van der Waals surface area contributed by atoms with Crippen LogP contribution in [0.5, 0.6) is 0 Å². The molecule has 1 aromatic rings. The lowest BCUT2D eigenvalue weighted by atomic mass is 10.2. The van der Waals surface area contributed by atoms with E-state index in [0.717, 1.165) is 25.1 Å². The number of rotatable bonds is 7. The predicted molar refractivity (Wildman–Crippen MR) is 74.2 cm³/mol. The van der Waals surface area contributed by atoms with Gasteiger partial charge in [0.25, 0.3) is 0 Å². The van der Waals surface area contributed by atoms with Crippen molar-refractivity contribution in [1.29, 1.82) is 5.26 Å². The summed E-state index contributed by atoms with van der Waals surface area (Å²) in [6, 6.07) is 10.8. The van der Waals surface area contributed by atoms with Gasteiger partial charge in [0.1, 0.15) is 0 Å². The zero-order valence-corrected chi connectivity index (χ0v) is 11.4. The summed E-state index contributed by atoms with van der Waals surface area (Å²) < 4.78 is 0. The molecule has 0 saturated carbocycles. The Bertz CT molecular complexity index is 371. The van der Waals surface area contributed by atoms with Crippen molar-refractivity contribution in [3.63, 3.8) is 0 Å². The van der Waals surface area contributed by atoms with Gasteiger partial charge in [0.2, 0.25) is 0 Å². The molecule has 0 aliphatic heterocycles. The second kappa shape index (κ2) is 8.16. The molecular weight excluding hydrogens is 228 g/mol. The van der Waals surface area contributed by atoms with Gasteiger partial charge in [-0.1, -0.05) is 24.6 Å². The fraction of sp³-hybridized carbons (Fsp3) is 0.500. The van der Waals surface area contributed by atoms with Gasteiger partial charge in [0, 0.05) is 10.6 Å². The minimum atomic E-state index is -0.00717. The Morgan fingerprint density at radius 3 is 2.94 bits per heavy atom. The lowest BCUT2D eigenvalue weighted by molar-refractivity contribution is 0.585. The van der Waals surface area contributed by atoms with Gasteiger partial charge in [-0.05, 0) is 38.4 Å². The summed E-state index contributed by atoms with van der Waals surface area (Å²) >= 11 is 1.82. The highest BCUT2D eigenvalue weighted by Crippen LogP contribution is 2.20. The highest BCUT2D eigenvalue weighted by atomic mass is 32.2. The molecule has 2 nitrogen and oxygen atoms in total. The molecule has 0 radical (unpaired) electrons. The van der Waals surface area contributed by atoms with Gasteiger partial charge in [-0.25, -0.2) is 0 Å². The number of nitrogens with one attached hydrogen (secondary N) is 1. The van der Waals surface area contributed by atoms with Crippen LogP contribution in [0.3, 0.4) is 0 Å². The van der Waals surface area contributed by atoms with Crippen LogP contribution in [0.1, 0.15) is 25.3 Å². The maximum absolute atomic E-state index is 8.97. The number of hydrogen-bond acceptors (Lipinski definition) is 3. The van der Waals surface area contributed by atoms with E-state index in [2.05, 4.69) is 49.5 Å². The van der Waals surface area contributed by atoms with Crippen LogP contribution in [-0.2, 0) is 0 Å². The highest BCUT2D eigenvalue weighted by Gasteiger charge is 2.05. The van der Waals surface area contributed by atoms with Gasteiger partial charge in [-0.15, -0.1) is 11.8 Å². The maximum atomic E-state index is 8.97. The Labute approximate surface area is 108 Å². The van der Waals surface area contributed by atoms with Gasteiger partial charge < -0.3 is 5.32 Å². The summed E-state index contributed by atoms with van der Waals surface area (Å²) in [6.45, 7) is 5.14. The normalized spacial score (nSPS) is 12.1. The fourth-order valence-electron chi connectivity index (χ4n) is 1.53. The zero-order valence-electron chi connectivity index (χ0n) is 10.6. The van der Waals surface area contributed by atoms with Crippen molar-refractivity contribution in [1.82, 2.24) is 5.32 Å². The first-order valence-corrected chi connectivity index (χ1v) is 7.07. The van der Waals surface area contributed by atoms with Crippen molar-refractivity contribution >= 4 is 11.8 Å². The topological polar surface area (TPSA) is 35.8 Å². The summed E-state index contributed by atoms with van der Waals surface area (Å²) in [4.78, 5) is 1.29. The molecular formula is C14H20N2S. The summed E-state index contributed by atoms with van der Waals surface area (Å²) in [5, 5.41) is 12.2. The van der Waals surface area contributed by atoms with E-state index in [0.29, 0.717) is 0 Å². The van der Waals surface area contributed by atoms with Gasteiger partial charge in [0.15, 0.2) is 0 Å². The standard InChI is InChI=1S/C14H20N2S/c1-3-8-16-13(11-15)7-9-17-14-6-4-5-12(2)10-14/h4-6,10,13,16H,3,7-9H2,1-2H3. The zero-order chi connectivity index (χ0) is 12.5. The van der Waals surface area contributed by atoms with Gasteiger partial charge in [-0.3, -0.25) is 0 Å². The van der Waals surface area contributed by atoms with E-state index in [-0.39, 0.29) is 6.04 Å². The molecule has 0 bridgehead atoms. The first-order valence-electron chi connectivity index (χ1n) is 6.08. The quantitative estimate of drug-likeness (QED) is 0.752. The Hall–Kier alpha value is -0.980. The van der Waals surface area contributed by atoms with Crippen molar-refractivity contribution in [2.75, 3.05) is 12.3 Å². The van der Waals surface area contributed by atoms with Crippen molar-refractivity contribution in [2.45, 2.75) is 37.6 Å². The first-order chi connectivity index (χ1) is 8.26. The summed E-state index contributed by atoms with van der Waals surface area (Å²) in [5.41, 5.74) is 1.29. The van der Waals surface area contributed by atoms with E-state index in [9.17, 15) is 0 Å². The number of nitrogens with zero attached hydrogens (tertiary/aromatic N) is 1. The first kappa shape index (κ1) is 14.1. The smallest absolute Gasteiger partial charge is 0.0961 e. The van der Waals surface area contributed by atoms with Crippen LogP contribution < -0.4 is 5.32 Å². The largest absolute Gasteiger partial charge is 0.302 e. The number of hydrogen-bond donors (Lipinski definition) is 1. The van der Waals surface area contributed by atoms with E-state index < -0.39 is 0 Å². The second-order valence-electron chi connectivity index (χ2n) is 4.09. The molecule has 3 heteroatoms. The van der Waals surface area contributed by atoms with Crippen molar-refractivity contribution in [3.05, 3.63) is 29.8 Å².